The van der Waals surface area contributed by atoms with Crippen molar-refractivity contribution in [3.8, 4) is 0 Å². The Kier molecular flexibility index (Phi) is 6.62. The first kappa shape index (κ1) is 20.1. The van der Waals surface area contributed by atoms with Gasteiger partial charge in [0.2, 0.25) is 11.8 Å². The Labute approximate surface area is 157 Å². The normalized spacial score (nSPS) is 10.5. The first-order chi connectivity index (χ1) is 12.8. The fourth-order valence-corrected chi connectivity index (χ4v) is 2.52. The van der Waals surface area contributed by atoms with Gasteiger partial charge < -0.3 is 10.6 Å². The molecule has 0 aliphatic heterocycles. The lowest BCUT2D eigenvalue weighted by molar-refractivity contribution is -0.384. The zero-order valence-corrected chi connectivity index (χ0v) is 15.5. The predicted molar refractivity (Wildman–Crippen MR) is 104 cm³/mol. The molecule has 0 saturated heterocycles. The van der Waals surface area contributed by atoms with E-state index < -0.39 is 4.92 Å². The Morgan fingerprint density at radius 3 is 2.33 bits per heavy atom. The van der Waals surface area contributed by atoms with Gasteiger partial charge in [-0.25, -0.2) is 0 Å². The molecule has 0 aliphatic carbocycles. The maximum absolute atomic E-state index is 12.2. The maximum Gasteiger partial charge on any atom is 0.271 e. The second-order valence-corrected chi connectivity index (χ2v) is 6.32. The number of benzene rings is 2. The van der Waals surface area contributed by atoms with Crippen LogP contribution >= 0.6 is 0 Å². The van der Waals surface area contributed by atoms with Crippen LogP contribution in [-0.4, -0.2) is 41.8 Å². The highest BCUT2D eigenvalue weighted by atomic mass is 16.6. The number of non-ortho nitro benzene ring substituents is 1. The molecule has 0 radical (unpaired) electrons. The van der Waals surface area contributed by atoms with Gasteiger partial charge in [0.1, 0.15) is 0 Å². The lowest BCUT2D eigenvalue weighted by atomic mass is 10.1. The first-order valence-corrected chi connectivity index (χ1v) is 8.35. The highest BCUT2D eigenvalue weighted by molar-refractivity contribution is 5.95. The number of hydrogen-bond donors (Lipinski definition) is 2. The molecule has 2 amide bonds. The molecule has 0 unspecified atom stereocenters. The Bertz CT molecular complexity index is 867. The van der Waals surface area contributed by atoms with Crippen LogP contribution in [0.25, 0.3) is 0 Å². The molecule has 0 spiro atoms. The number of nitrogens with one attached hydrogen (secondary N) is 2. The van der Waals surface area contributed by atoms with Crippen molar-refractivity contribution >= 4 is 28.9 Å². The Hall–Kier alpha value is -3.26. The molecule has 0 heterocycles. The van der Waals surface area contributed by atoms with Crippen LogP contribution in [0.5, 0.6) is 0 Å². The van der Waals surface area contributed by atoms with Gasteiger partial charge in [-0.3, -0.25) is 24.6 Å². The molecule has 27 heavy (non-hydrogen) atoms. The fourth-order valence-electron chi connectivity index (χ4n) is 2.52. The minimum atomic E-state index is -0.528. The van der Waals surface area contributed by atoms with E-state index in [0.717, 1.165) is 16.8 Å². The molecule has 0 aromatic heterocycles. The van der Waals surface area contributed by atoms with E-state index in [0.29, 0.717) is 5.69 Å². The predicted octanol–water partition coefficient (Wildman–Crippen LogP) is 2.72. The van der Waals surface area contributed by atoms with Gasteiger partial charge >= 0.3 is 0 Å². The topological polar surface area (TPSA) is 105 Å². The summed E-state index contributed by atoms with van der Waals surface area (Å²) in [6, 6.07) is 11.4. The lowest BCUT2D eigenvalue weighted by Gasteiger charge is -2.17. The van der Waals surface area contributed by atoms with Gasteiger partial charge in [0, 0.05) is 23.5 Å². The average Bonchev–Trinajstić information content (AvgIpc) is 2.58. The maximum atomic E-state index is 12.2. The van der Waals surface area contributed by atoms with Gasteiger partial charge in [-0.1, -0.05) is 18.2 Å². The lowest BCUT2D eigenvalue weighted by Crippen LogP contribution is -2.36. The smallest absolute Gasteiger partial charge is 0.271 e. The van der Waals surface area contributed by atoms with Crippen molar-refractivity contribution < 1.29 is 14.5 Å². The second kappa shape index (κ2) is 8.91. The summed E-state index contributed by atoms with van der Waals surface area (Å²) in [4.78, 5) is 36.1. The van der Waals surface area contributed by atoms with Crippen molar-refractivity contribution in [3.63, 3.8) is 0 Å². The molecule has 2 N–H and O–H groups in total. The summed E-state index contributed by atoms with van der Waals surface area (Å²) >= 11 is 0. The second-order valence-electron chi connectivity index (χ2n) is 6.32. The summed E-state index contributed by atoms with van der Waals surface area (Å²) in [7, 11) is 1.65. The summed E-state index contributed by atoms with van der Waals surface area (Å²) in [5.41, 5.74) is 3.06. The van der Waals surface area contributed by atoms with Crippen molar-refractivity contribution in [1.82, 2.24) is 4.90 Å². The number of aryl methyl sites for hydroxylation is 1. The fraction of sp³-hybridized carbons (Fsp3) is 0.263. The van der Waals surface area contributed by atoms with Gasteiger partial charge in [-0.15, -0.1) is 0 Å². The van der Waals surface area contributed by atoms with Gasteiger partial charge in [0.25, 0.3) is 5.69 Å². The number of nitro benzene ring substituents is 1. The summed E-state index contributed by atoms with van der Waals surface area (Å²) in [5.74, 6) is -0.591. The van der Waals surface area contributed by atoms with Crippen LogP contribution in [0.15, 0.2) is 42.5 Å². The number of carbonyl (C=O) groups excluding carboxylic acids is 2. The SMILES string of the molecule is Cc1cccc(NC(=O)CN(C)CC(=O)Nc2cccc([N+](=O)[O-])c2)c1C. The third-order valence-electron chi connectivity index (χ3n) is 4.05. The van der Waals surface area contributed by atoms with Crippen molar-refractivity contribution in [3.05, 3.63) is 63.7 Å². The van der Waals surface area contributed by atoms with E-state index >= 15 is 0 Å². The zero-order chi connectivity index (χ0) is 20.0. The van der Waals surface area contributed by atoms with E-state index in [2.05, 4.69) is 10.6 Å². The standard InChI is InChI=1S/C19H22N4O4/c1-13-6-4-9-17(14(13)2)21-19(25)12-22(3)11-18(24)20-15-7-5-8-16(10-15)23(26)27/h4-10H,11-12H2,1-3H3,(H,20,24)(H,21,25). The van der Waals surface area contributed by atoms with Crippen LogP contribution in [0.2, 0.25) is 0 Å². The molecule has 0 fully saturated rings. The first-order valence-electron chi connectivity index (χ1n) is 8.35. The van der Waals surface area contributed by atoms with Crippen LogP contribution in [0.3, 0.4) is 0 Å². The number of amides is 2. The highest BCUT2D eigenvalue weighted by Crippen LogP contribution is 2.18. The Morgan fingerprint density at radius 2 is 1.67 bits per heavy atom. The molecule has 8 heteroatoms. The van der Waals surface area contributed by atoms with Crippen LogP contribution in [0, 0.1) is 24.0 Å². The minimum absolute atomic E-state index is 0.0249. The minimum Gasteiger partial charge on any atom is -0.325 e. The molecule has 2 aromatic carbocycles. The number of nitrogens with zero attached hydrogens (tertiary/aromatic N) is 2. The van der Waals surface area contributed by atoms with E-state index in [9.17, 15) is 19.7 Å². The molecular weight excluding hydrogens is 348 g/mol. The Balaban J connectivity index is 1.87. The third kappa shape index (κ3) is 5.89. The van der Waals surface area contributed by atoms with Crippen molar-refractivity contribution in [2.75, 3.05) is 30.8 Å². The molecule has 8 nitrogen and oxygen atoms in total. The van der Waals surface area contributed by atoms with Gasteiger partial charge in [-0.05, 0) is 44.2 Å². The largest absolute Gasteiger partial charge is 0.325 e. The Morgan fingerprint density at radius 1 is 1.04 bits per heavy atom. The van der Waals surface area contributed by atoms with E-state index in [1.807, 2.05) is 32.0 Å². The molecule has 2 rings (SSSR count). The molecule has 0 saturated carbocycles. The van der Waals surface area contributed by atoms with Crippen molar-refractivity contribution in [1.29, 1.82) is 0 Å². The number of hydrogen-bond acceptors (Lipinski definition) is 5. The number of likely N-dealkylation sites (N-methyl/N-ethyl adjacent to an activating group) is 1. The summed E-state index contributed by atoms with van der Waals surface area (Å²) < 4.78 is 0. The van der Waals surface area contributed by atoms with Crippen LogP contribution < -0.4 is 10.6 Å². The van der Waals surface area contributed by atoms with Crippen LogP contribution in [0.1, 0.15) is 11.1 Å². The quantitative estimate of drug-likeness (QED) is 0.576. The number of carbonyl (C=O) groups is 2. The number of anilines is 2. The molecular formula is C19H22N4O4. The molecule has 0 atom stereocenters. The highest BCUT2D eigenvalue weighted by Gasteiger charge is 2.13. The molecule has 0 bridgehead atoms. The molecule has 2 aromatic rings. The van der Waals surface area contributed by atoms with Crippen LogP contribution in [-0.2, 0) is 9.59 Å². The average molecular weight is 370 g/mol. The van der Waals surface area contributed by atoms with Gasteiger partial charge in [0.15, 0.2) is 0 Å². The molecule has 142 valence electrons. The summed E-state index contributed by atoms with van der Waals surface area (Å²) in [6.45, 7) is 3.91. The summed E-state index contributed by atoms with van der Waals surface area (Å²) in [5, 5.41) is 16.2. The van der Waals surface area contributed by atoms with Gasteiger partial charge in [0.05, 0.1) is 18.0 Å². The van der Waals surface area contributed by atoms with E-state index in [4.69, 9.17) is 0 Å². The van der Waals surface area contributed by atoms with E-state index in [1.165, 1.54) is 18.2 Å². The van der Waals surface area contributed by atoms with Crippen molar-refractivity contribution in [2.45, 2.75) is 13.8 Å². The van der Waals surface area contributed by atoms with E-state index in [1.54, 1.807) is 18.0 Å². The number of rotatable bonds is 7. The molecule has 0 aliphatic rings. The van der Waals surface area contributed by atoms with Crippen LogP contribution in [0.4, 0.5) is 17.1 Å². The zero-order valence-electron chi connectivity index (χ0n) is 15.5. The number of nitro groups is 1. The van der Waals surface area contributed by atoms with Crippen molar-refractivity contribution in [2.24, 2.45) is 0 Å². The monoisotopic (exact) mass is 370 g/mol. The van der Waals surface area contributed by atoms with E-state index in [-0.39, 0.29) is 30.6 Å². The third-order valence-corrected chi connectivity index (χ3v) is 4.05. The van der Waals surface area contributed by atoms with Gasteiger partial charge in [-0.2, -0.15) is 0 Å². The summed E-state index contributed by atoms with van der Waals surface area (Å²) in [6.07, 6.45) is 0.